The molecule has 3 aromatic rings. The van der Waals surface area contributed by atoms with Gasteiger partial charge in [0.15, 0.2) is 5.88 Å². The van der Waals surface area contributed by atoms with Gasteiger partial charge in [0, 0.05) is 22.1 Å². The summed E-state index contributed by atoms with van der Waals surface area (Å²) in [6.07, 6.45) is 1.59. The molecule has 1 aromatic heterocycles. The molecular formula is C16H12Cl2N2O. The Kier molecular flexibility index (Phi) is 3.62. The summed E-state index contributed by atoms with van der Waals surface area (Å²) in [5.74, 6) is 0.0810. The largest absolute Gasteiger partial charge is 0.494 e. The second kappa shape index (κ2) is 5.43. The number of hydrogen-bond donors (Lipinski definition) is 2. The molecule has 2 N–H and O–H groups in total. The molecule has 21 heavy (non-hydrogen) atoms. The van der Waals surface area contributed by atoms with Gasteiger partial charge in [-0.1, -0.05) is 34.8 Å². The number of halogens is 2. The van der Waals surface area contributed by atoms with Gasteiger partial charge in [0.05, 0.1) is 16.3 Å². The van der Waals surface area contributed by atoms with Crippen LogP contribution in [0, 0.1) is 6.92 Å². The highest BCUT2D eigenvalue weighted by Crippen LogP contribution is 2.30. The van der Waals surface area contributed by atoms with E-state index in [1.54, 1.807) is 24.4 Å². The molecular weight excluding hydrogens is 307 g/mol. The molecule has 3 nitrogen and oxygen atoms in total. The molecule has 0 radical (unpaired) electrons. The van der Waals surface area contributed by atoms with Crippen molar-refractivity contribution in [3.63, 3.8) is 0 Å². The number of aryl methyl sites for hydroxylation is 1. The standard InChI is InChI=1S/C16H12Cl2N2O/c1-9-2-5-14-11(6-9)12(16(21)20-14)8-19-15-7-10(17)3-4-13(15)18/h2-8,20-21H,1H3. The average molecular weight is 319 g/mol. The maximum atomic E-state index is 10.0. The first kappa shape index (κ1) is 14.0. The fraction of sp³-hybridized carbons (Fsp3) is 0.0625. The van der Waals surface area contributed by atoms with Crippen LogP contribution in [0.3, 0.4) is 0 Å². The number of aliphatic imine (C=N–C) groups is 1. The van der Waals surface area contributed by atoms with Gasteiger partial charge in [-0.05, 0) is 37.3 Å². The van der Waals surface area contributed by atoms with Gasteiger partial charge in [-0.15, -0.1) is 0 Å². The van der Waals surface area contributed by atoms with E-state index in [0.29, 0.717) is 21.3 Å². The first-order valence-electron chi connectivity index (χ1n) is 6.35. The summed E-state index contributed by atoms with van der Waals surface area (Å²) < 4.78 is 0. The fourth-order valence-electron chi connectivity index (χ4n) is 2.16. The number of aromatic amines is 1. The lowest BCUT2D eigenvalue weighted by Gasteiger charge is -1.99. The van der Waals surface area contributed by atoms with Crippen LogP contribution in [0.2, 0.25) is 10.0 Å². The molecule has 0 unspecified atom stereocenters. The highest BCUT2D eigenvalue weighted by atomic mass is 35.5. The van der Waals surface area contributed by atoms with Crippen molar-refractivity contribution in [1.29, 1.82) is 0 Å². The van der Waals surface area contributed by atoms with Crippen molar-refractivity contribution in [2.45, 2.75) is 6.92 Å². The van der Waals surface area contributed by atoms with Crippen LogP contribution in [-0.2, 0) is 0 Å². The van der Waals surface area contributed by atoms with Gasteiger partial charge < -0.3 is 10.1 Å². The maximum absolute atomic E-state index is 10.0. The van der Waals surface area contributed by atoms with Gasteiger partial charge in [0.25, 0.3) is 0 Å². The number of benzene rings is 2. The number of aromatic hydroxyl groups is 1. The van der Waals surface area contributed by atoms with Gasteiger partial charge in [0.2, 0.25) is 0 Å². The minimum atomic E-state index is 0.0810. The number of hydrogen-bond acceptors (Lipinski definition) is 2. The van der Waals surface area contributed by atoms with Crippen LogP contribution in [0.5, 0.6) is 5.88 Å². The molecule has 0 spiro atoms. The van der Waals surface area contributed by atoms with Crippen molar-refractivity contribution in [3.05, 3.63) is 57.6 Å². The summed E-state index contributed by atoms with van der Waals surface area (Å²) in [6.45, 7) is 2.00. The normalized spacial score (nSPS) is 11.6. The van der Waals surface area contributed by atoms with E-state index in [-0.39, 0.29) is 5.88 Å². The van der Waals surface area contributed by atoms with Gasteiger partial charge in [-0.3, -0.25) is 4.99 Å². The van der Waals surface area contributed by atoms with Crippen LogP contribution in [-0.4, -0.2) is 16.3 Å². The Balaban J connectivity index is 2.09. The second-order valence-electron chi connectivity index (χ2n) is 4.79. The third kappa shape index (κ3) is 2.75. The van der Waals surface area contributed by atoms with Gasteiger partial charge in [-0.2, -0.15) is 0 Å². The van der Waals surface area contributed by atoms with Crippen molar-refractivity contribution < 1.29 is 5.11 Å². The molecule has 2 aromatic carbocycles. The molecule has 0 aliphatic heterocycles. The highest BCUT2D eigenvalue weighted by Gasteiger charge is 2.09. The van der Waals surface area contributed by atoms with Crippen molar-refractivity contribution in [2.24, 2.45) is 4.99 Å². The Morgan fingerprint density at radius 2 is 1.95 bits per heavy atom. The van der Waals surface area contributed by atoms with E-state index in [2.05, 4.69) is 9.98 Å². The molecule has 106 valence electrons. The van der Waals surface area contributed by atoms with E-state index in [1.165, 1.54) is 0 Å². The molecule has 0 saturated heterocycles. The average Bonchev–Trinajstić information content (AvgIpc) is 2.75. The van der Waals surface area contributed by atoms with Gasteiger partial charge in [0.1, 0.15) is 0 Å². The van der Waals surface area contributed by atoms with Crippen molar-refractivity contribution in [2.75, 3.05) is 0 Å². The summed E-state index contributed by atoms with van der Waals surface area (Å²) in [6, 6.07) is 11.0. The van der Waals surface area contributed by atoms with Crippen LogP contribution in [0.25, 0.3) is 10.9 Å². The monoisotopic (exact) mass is 318 g/mol. The predicted molar refractivity (Wildman–Crippen MR) is 88.4 cm³/mol. The topological polar surface area (TPSA) is 48.4 Å². The van der Waals surface area contributed by atoms with Crippen LogP contribution >= 0.6 is 23.2 Å². The SMILES string of the molecule is Cc1ccc2[nH]c(O)c(C=Nc3cc(Cl)ccc3Cl)c2c1. The van der Waals surface area contributed by atoms with E-state index >= 15 is 0 Å². The Morgan fingerprint density at radius 1 is 1.14 bits per heavy atom. The Labute approximate surface area is 131 Å². The number of H-pyrrole nitrogens is 1. The number of fused-ring (bicyclic) bond motifs is 1. The quantitative estimate of drug-likeness (QED) is 0.624. The molecule has 0 saturated carbocycles. The van der Waals surface area contributed by atoms with Gasteiger partial charge in [-0.25, -0.2) is 0 Å². The summed E-state index contributed by atoms with van der Waals surface area (Å²) in [4.78, 5) is 7.25. The highest BCUT2D eigenvalue weighted by molar-refractivity contribution is 6.35. The number of rotatable bonds is 2. The number of aromatic nitrogens is 1. The van der Waals surface area contributed by atoms with Crippen LogP contribution in [0.15, 0.2) is 41.4 Å². The number of nitrogens with one attached hydrogen (secondary N) is 1. The third-order valence-corrected chi connectivity index (χ3v) is 3.77. The first-order chi connectivity index (χ1) is 10.0. The van der Waals surface area contributed by atoms with Crippen molar-refractivity contribution >= 4 is 46.0 Å². The summed E-state index contributed by atoms with van der Waals surface area (Å²) in [7, 11) is 0. The smallest absolute Gasteiger partial charge is 0.198 e. The molecule has 1 heterocycles. The van der Waals surface area contributed by atoms with Gasteiger partial charge >= 0.3 is 0 Å². The summed E-state index contributed by atoms with van der Waals surface area (Å²) >= 11 is 12.0. The second-order valence-corrected chi connectivity index (χ2v) is 5.63. The summed E-state index contributed by atoms with van der Waals surface area (Å²) in [5.41, 5.74) is 3.16. The zero-order valence-electron chi connectivity index (χ0n) is 11.2. The molecule has 0 atom stereocenters. The number of nitrogens with zero attached hydrogens (tertiary/aromatic N) is 1. The van der Waals surface area contributed by atoms with E-state index in [9.17, 15) is 5.11 Å². The Bertz CT molecular complexity index is 853. The molecule has 0 fully saturated rings. The van der Waals surface area contributed by atoms with Crippen LogP contribution < -0.4 is 0 Å². The van der Waals surface area contributed by atoms with Crippen molar-refractivity contribution in [1.82, 2.24) is 4.98 Å². The lowest BCUT2D eigenvalue weighted by Crippen LogP contribution is -1.80. The van der Waals surface area contributed by atoms with E-state index < -0.39 is 0 Å². The fourth-order valence-corrected chi connectivity index (χ4v) is 2.49. The third-order valence-electron chi connectivity index (χ3n) is 3.21. The van der Waals surface area contributed by atoms with Crippen LogP contribution in [0.1, 0.15) is 11.1 Å². The zero-order valence-corrected chi connectivity index (χ0v) is 12.7. The molecule has 5 heteroatoms. The van der Waals surface area contributed by atoms with Crippen LogP contribution in [0.4, 0.5) is 5.69 Å². The molecule has 0 amide bonds. The van der Waals surface area contributed by atoms with E-state index in [0.717, 1.165) is 16.5 Å². The summed E-state index contributed by atoms with van der Waals surface area (Å²) in [5, 5.41) is 12.0. The van der Waals surface area contributed by atoms with E-state index in [4.69, 9.17) is 23.2 Å². The minimum absolute atomic E-state index is 0.0810. The molecule has 0 bridgehead atoms. The lowest BCUT2D eigenvalue weighted by atomic mass is 10.1. The molecule has 0 aliphatic carbocycles. The first-order valence-corrected chi connectivity index (χ1v) is 7.10. The Hall–Kier alpha value is -1.97. The minimum Gasteiger partial charge on any atom is -0.494 e. The Morgan fingerprint density at radius 3 is 2.76 bits per heavy atom. The molecule has 3 rings (SSSR count). The zero-order chi connectivity index (χ0) is 15.0. The van der Waals surface area contributed by atoms with E-state index in [1.807, 2.05) is 25.1 Å². The predicted octanol–water partition coefficient (Wildman–Crippen LogP) is 5.24. The van der Waals surface area contributed by atoms with Crippen molar-refractivity contribution in [3.8, 4) is 5.88 Å². The lowest BCUT2D eigenvalue weighted by molar-refractivity contribution is 0.457. The molecule has 0 aliphatic rings. The maximum Gasteiger partial charge on any atom is 0.198 e.